The highest BCUT2D eigenvalue weighted by atomic mass is 31.2. The van der Waals surface area contributed by atoms with Gasteiger partial charge in [0.2, 0.25) is 0 Å². The zero-order chi connectivity index (χ0) is 6.78. The van der Waals surface area contributed by atoms with E-state index in [2.05, 4.69) is 0 Å². The first-order chi connectivity index (χ1) is 3.48. The van der Waals surface area contributed by atoms with Gasteiger partial charge in [0.1, 0.15) is 5.66 Å². The Hall–Kier alpha value is -0.360. The van der Waals surface area contributed by atoms with Gasteiger partial charge < -0.3 is 9.79 Å². The molecule has 0 spiro atoms. The highest BCUT2D eigenvalue weighted by molar-refractivity contribution is 7.52. The van der Waals surface area contributed by atoms with E-state index in [-0.39, 0.29) is 0 Å². The summed E-state index contributed by atoms with van der Waals surface area (Å²) in [4.78, 5) is 16.3. The summed E-state index contributed by atoms with van der Waals surface area (Å²) in [6.07, 6.45) is 0. The van der Waals surface area contributed by atoms with Crippen molar-refractivity contribution in [3.63, 3.8) is 0 Å². The Bertz CT molecular complexity index is 154. The molecular formula is C3H6NO3P. The van der Waals surface area contributed by atoms with E-state index < -0.39 is 13.3 Å². The number of rotatable bonds is 1. The maximum Gasteiger partial charge on any atom is 0.342 e. The molecule has 0 amide bonds. The quantitative estimate of drug-likeness (QED) is 0.498. The number of hydrogen-bond acceptors (Lipinski definition) is 2. The molecule has 0 radical (unpaired) electrons. The minimum Gasteiger partial charge on any atom is -0.324 e. The fraction of sp³-hybridized carbons (Fsp3) is 0.667. The average molecular weight is 135 g/mol. The maximum absolute atomic E-state index is 10.0. The fourth-order valence-corrected chi connectivity index (χ4v) is 0.226. The molecular weight excluding hydrogens is 129 g/mol. The molecule has 0 aromatic carbocycles. The van der Waals surface area contributed by atoms with Gasteiger partial charge in [0, 0.05) is 0 Å². The minimum atomic E-state index is -4.12. The van der Waals surface area contributed by atoms with Gasteiger partial charge in [-0.2, -0.15) is 5.26 Å². The van der Waals surface area contributed by atoms with Crippen LogP contribution in [0.5, 0.6) is 0 Å². The smallest absolute Gasteiger partial charge is 0.324 e. The third-order valence-electron chi connectivity index (χ3n) is 0.691. The molecule has 5 heteroatoms. The molecule has 2 N–H and O–H groups in total. The normalized spacial score (nSPS) is 14.8. The van der Waals surface area contributed by atoms with Crippen LogP contribution in [0.3, 0.4) is 0 Å². The van der Waals surface area contributed by atoms with Gasteiger partial charge in [-0.3, -0.25) is 4.57 Å². The summed E-state index contributed by atoms with van der Waals surface area (Å²) in [5.41, 5.74) is -1.18. The van der Waals surface area contributed by atoms with Crippen LogP contribution in [0.15, 0.2) is 0 Å². The van der Waals surface area contributed by atoms with Crippen molar-refractivity contribution >= 4 is 7.60 Å². The number of nitrogens with zero attached hydrogens (tertiary/aromatic N) is 1. The van der Waals surface area contributed by atoms with Crippen molar-refractivity contribution < 1.29 is 14.4 Å². The van der Waals surface area contributed by atoms with Gasteiger partial charge in [-0.15, -0.1) is 0 Å². The van der Waals surface area contributed by atoms with E-state index in [1.807, 2.05) is 0 Å². The van der Waals surface area contributed by atoms with E-state index in [1.165, 1.54) is 13.0 Å². The summed E-state index contributed by atoms with van der Waals surface area (Å²) in [5.74, 6) is 0. The number of nitriles is 1. The van der Waals surface area contributed by atoms with E-state index in [4.69, 9.17) is 15.0 Å². The molecule has 0 aliphatic heterocycles. The SMILES string of the molecule is CC(C#N)P(=O)(O)O. The third-order valence-corrected chi connectivity index (χ3v) is 1.82. The Labute approximate surface area is 46.9 Å². The molecule has 0 bridgehead atoms. The second kappa shape index (κ2) is 2.27. The van der Waals surface area contributed by atoms with Crippen LogP contribution >= 0.6 is 7.60 Å². The van der Waals surface area contributed by atoms with Crippen molar-refractivity contribution in [3.05, 3.63) is 0 Å². The van der Waals surface area contributed by atoms with Gasteiger partial charge in [-0.1, -0.05) is 0 Å². The maximum atomic E-state index is 10.0. The van der Waals surface area contributed by atoms with Crippen LogP contribution < -0.4 is 0 Å². The Morgan fingerprint density at radius 2 is 2.12 bits per heavy atom. The molecule has 46 valence electrons. The molecule has 0 aromatic rings. The lowest BCUT2D eigenvalue weighted by Crippen LogP contribution is -1.97. The standard InChI is InChI=1S/C3H6NO3P/c1-3(2-4)8(5,6)7/h3H,1H3,(H2,5,6,7). The topological polar surface area (TPSA) is 81.3 Å². The summed E-state index contributed by atoms with van der Waals surface area (Å²) in [7, 11) is -4.12. The Morgan fingerprint density at radius 3 is 2.12 bits per heavy atom. The summed E-state index contributed by atoms with van der Waals surface area (Å²) < 4.78 is 10.0. The van der Waals surface area contributed by atoms with Gasteiger partial charge >= 0.3 is 7.60 Å². The van der Waals surface area contributed by atoms with Crippen molar-refractivity contribution in [2.24, 2.45) is 0 Å². The van der Waals surface area contributed by atoms with E-state index in [0.29, 0.717) is 0 Å². The van der Waals surface area contributed by atoms with Crippen LogP contribution in [0.1, 0.15) is 6.92 Å². The van der Waals surface area contributed by atoms with Crippen LogP contribution in [0, 0.1) is 11.3 Å². The molecule has 0 rings (SSSR count). The fourth-order valence-electron chi connectivity index (χ4n) is 0.0752. The van der Waals surface area contributed by atoms with Crippen LogP contribution in [0.4, 0.5) is 0 Å². The van der Waals surface area contributed by atoms with Crippen molar-refractivity contribution in [2.45, 2.75) is 12.6 Å². The Balaban J connectivity index is 4.09. The molecule has 0 heterocycles. The molecule has 0 saturated carbocycles. The predicted octanol–water partition coefficient (Wildman–Crippen LogP) is 0.0762. The van der Waals surface area contributed by atoms with Gasteiger partial charge in [-0.05, 0) is 6.92 Å². The van der Waals surface area contributed by atoms with E-state index in [9.17, 15) is 4.57 Å². The van der Waals surface area contributed by atoms with Gasteiger partial charge in [0.25, 0.3) is 0 Å². The lowest BCUT2D eigenvalue weighted by molar-refractivity contribution is 0.368. The second-order valence-electron chi connectivity index (χ2n) is 1.39. The first-order valence-corrected chi connectivity index (χ1v) is 3.61. The van der Waals surface area contributed by atoms with Gasteiger partial charge in [-0.25, -0.2) is 0 Å². The summed E-state index contributed by atoms with van der Waals surface area (Å²) in [6.45, 7) is 1.18. The van der Waals surface area contributed by atoms with Gasteiger partial charge in [0.05, 0.1) is 6.07 Å². The lowest BCUT2D eigenvalue weighted by atomic mass is 10.5. The Kier molecular flexibility index (Phi) is 2.17. The Morgan fingerprint density at radius 1 is 1.75 bits per heavy atom. The van der Waals surface area contributed by atoms with Crippen molar-refractivity contribution in [2.75, 3.05) is 0 Å². The van der Waals surface area contributed by atoms with E-state index in [1.54, 1.807) is 0 Å². The largest absolute Gasteiger partial charge is 0.342 e. The molecule has 1 unspecified atom stereocenters. The average Bonchev–Trinajstić information content (AvgIpc) is 1.62. The third kappa shape index (κ3) is 2.08. The molecule has 4 nitrogen and oxygen atoms in total. The molecule has 0 aliphatic carbocycles. The zero-order valence-electron chi connectivity index (χ0n) is 4.27. The molecule has 0 aromatic heterocycles. The summed E-state index contributed by atoms with van der Waals surface area (Å²) in [5, 5.41) is 7.93. The van der Waals surface area contributed by atoms with Crippen molar-refractivity contribution in [3.8, 4) is 6.07 Å². The van der Waals surface area contributed by atoms with E-state index in [0.717, 1.165) is 0 Å². The van der Waals surface area contributed by atoms with Crippen molar-refractivity contribution in [1.29, 1.82) is 5.26 Å². The molecule has 1 atom stereocenters. The highest BCUT2D eigenvalue weighted by Gasteiger charge is 2.22. The number of hydrogen-bond donors (Lipinski definition) is 2. The minimum absolute atomic E-state index is 1.18. The molecule has 0 saturated heterocycles. The molecule has 8 heavy (non-hydrogen) atoms. The van der Waals surface area contributed by atoms with Crippen LogP contribution in [0.25, 0.3) is 0 Å². The van der Waals surface area contributed by atoms with E-state index >= 15 is 0 Å². The van der Waals surface area contributed by atoms with Crippen LogP contribution in [-0.4, -0.2) is 15.4 Å². The molecule has 0 fully saturated rings. The summed E-state index contributed by atoms with van der Waals surface area (Å²) >= 11 is 0. The zero-order valence-corrected chi connectivity index (χ0v) is 5.17. The first kappa shape index (κ1) is 7.64. The highest BCUT2D eigenvalue weighted by Crippen LogP contribution is 2.39. The van der Waals surface area contributed by atoms with Crippen LogP contribution in [0.2, 0.25) is 0 Å². The molecule has 0 aliphatic rings. The summed E-state index contributed by atoms with van der Waals surface area (Å²) in [6, 6.07) is 1.44. The van der Waals surface area contributed by atoms with Crippen LogP contribution in [-0.2, 0) is 4.57 Å². The van der Waals surface area contributed by atoms with Crippen molar-refractivity contribution in [1.82, 2.24) is 0 Å². The second-order valence-corrected chi connectivity index (χ2v) is 3.35. The lowest BCUT2D eigenvalue weighted by Gasteiger charge is -2.01. The first-order valence-electron chi connectivity index (χ1n) is 1.93. The monoisotopic (exact) mass is 135 g/mol. The van der Waals surface area contributed by atoms with Gasteiger partial charge in [0.15, 0.2) is 0 Å². The predicted molar refractivity (Wildman–Crippen MR) is 27.1 cm³/mol.